The van der Waals surface area contributed by atoms with Crippen LogP contribution >= 0.6 is 23.1 Å². The smallest absolute Gasteiger partial charge is 0.263 e. The molecule has 3 nitrogen and oxygen atoms in total. The maximum Gasteiger partial charge on any atom is 0.263 e. The summed E-state index contributed by atoms with van der Waals surface area (Å²) in [4.78, 5) is 19.7. The fraction of sp³-hybridized carbons (Fsp3) is 0.571. The Morgan fingerprint density at radius 1 is 1.53 bits per heavy atom. The molecule has 0 unspecified atom stereocenters. The van der Waals surface area contributed by atoms with Gasteiger partial charge in [0.25, 0.3) is 5.56 Å². The van der Waals surface area contributed by atoms with Gasteiger partial charge in [0.1, 0.15) is 4.83 Å². The van der Waals surface area contributed by atoms with Crippen LogP contribution in [0.4, 0.5) is 0 Å². The maximum absolute atomic E-state index is 12.7. The number of fused-ring (bicyclic) bond motifs is 3. The van der Waals surface area contributed by atoms with Crippen molar-refractivity contribution in [1.29, 1.82) is 0 Å². The van der Waals surface area contributed by atoms with E-state index in [0.717, 1.165) is 34.1 Å². The first-order valence-electron chi connectivity index (χ1n) is 6.74. The van der Waals surface area contributed by atoms with Crippen molar-refractivity contribution in [2.75, 3.05) is 6.26 Å². The van der Waals surface area contributed by atoms with Crippen molar-refractivity contribution in [3.05, 3.63) is 20.8 Å². The molecule has 1 aliphatic carbocycles. The first-order valence-corrected chi connectivity index (χ1v) is 8.78. The maximum atomic E-state index is 12.7. The van der Waals surface area contributed by atoms with E-state index in [0.29, 0.717) is 6.54 Å². The van der Waals surface area contributed by atoms with Crippen LogP contribution in [0.25, 0.3) is 10.2 Å². The van der Waals surface area contributed by atoms with E-state index in [4.69, 9.17) is 4.98 Å². The highest BCUT2D eigenvalue weighted by Crippen LogP contribution is 2.36. The molecule has 19 heavy (non-hydrogen) atoms. The van der Waals surface area contributed by atoms with Crippen LogP contribution in [0, 0.1) is 5.92 Å². The van der Waals surface area contributed by atoms with Gasteiger partial charge in [-0.25, -0.2) is 4.98 Å². The summed E-state index contributed by atoms with van der Waals surface area (Å²) in [6.07, 6.45) is 5.32. The molecule has 0 spiro atoms. The fourth-order valence-corrected chi connectivity index (χ4v) is 4.89. The van der Waals surface area contributed by atoms with E-state index in [1.165, 1.54) is 16.9 Å². The second-order valence-corrected chi connectivity index (χ2v) is 7.04. The van der Waals surface area contributed by atoms with Gasteiger partial charge in [-0.3, -0.25) is 9.36 Å². The Labute approximate surface area is 121 Å². The molecule has 0 aromatic carbocycles. The zero-order valence-electron chi connectivity index (χ0n) is 11.5. The van der Waals surface area contributed by atoms with Crippen LogP contribution in [0.2, 0.25) is 0 Å². The monoisotopic (exact) mass is 294 g/mol. The predicted octanol–water partition coefficient (Wildman–Crippen LogP) is 3.32. The topological polar surface area (TPSA) is 34.9 Å². The largest absolute Gasteiger partial charge is 0.287 e. The molecule has 0 radical (unpaired) electrons. The van der Waals surface area contributed by atoms with Gasteiger partial charge in [0.15, 0.2) is 5.16 Å². The summed E-state index contributed by atoms with van der Waals surface area (Å²) in [7, 11) is 0. The zero-order valence-corrected chi connectivity index (χ0v) is 13.2. The molecule has 0 N–H and O–H groups in total. The molecule has 0 bridgehead atoms. The van der Waals surface area contributed by atoms with Crippen LogP contribution in [0.3, 0.4) is 0 Å². The predicted molar refractivity (Wildman–Crippen MR) is 82.5 cm³/mol. The van der Waals surface area contributed by atoms with Crippen LogP contribution < -0.4 is 5.56 Å². The summed E-state index contributed by atoms with van der Waals surface area (Å²) in [5, 5.41) is 1.73. The van der Waals surface area contributed by atoms with Crippen LogP contribution in [-0.4, -0.2) is 15.8 Å². The third-order valence-electron chi connectivity index (χ3n) is 3.88. The minimum Gasteiger partial charge on any atom is -0.287 e. The Morgan fingerprint density at radius 2 is 2.32 bits per heavy atom. The molecule has 1 atom stereocenters. The molecule has 5 heteroatoms. The van der Waals surface area contributed by atoms with Crippen LogP contribution in [0.15, 0.2) is 9.95 Å². The van der Waals surface area contributed by atoms with Gasteiger partial charge in [0, 0.05) is 11.4 Å². The number of thioether (sulfide) groups is 1. The molecule has 102 valence electrons. The summed E-state index contributed by atoms with van der Waals surface area (Å²) in [5.74, 6) is 0.731. The van der Waals surface area contributed by atoms with Gasteiger partial charge in [-0.05, 0) is 43.9 Å². The highest BCUT2D eigenvalue weighted by molar-refractivity contribution is 7.98. The zero-order chi connectivity index (χ0) is 13.6. The van der Waals surface area contributed by atoms with Gasteiger partial charge >= 0.3 is 0 Å². The minimum atomic E-state index is 0.156. The SMILES string of the molecule is CCn1c(SC)nc2sc3c(c2c1=O)CC[C@H](C)C3. The van der Waals surface area contributed by atoms with E-state index < -0.39 is 0 Å². The number of aryl methyl sites for hydroxylation is 1. The lowest BCUT2D eigenvalue weighted by Gasteiger charge is -2.17. The molecular formula is C14H18N2OS2. The number of nitrogens with zero attached hydrogens (tertiary/aromatic N) is 2. The molecule has 1 aliphatic rings. The molecular weight excluding hydrogens is 276 g/mol. The van der Waals surface area contributed by atoms with E-state index in [1.807, 2.05) is 13.2 Å². The van der Waals surface area contributed by atoms with E-state index >= 15 is 0 Å². The Kier molecular flexibility index (Phi) is 3.43. The molecule has 0 fully saturated rings. The highest BCUT2D eigenvalue weighted by Gasteiger charge is 2.24. The highest BCUT2D eigenvalue weighted by atomic mass is 32.2. The van der Waals surface area contributed by atoms with Crippen molar-refractivity contribution >= 4 is 33.3 Å². The fourth-order valence-electron chi connectivity index (χ4n) is 2.84. The van der Waals surface area contributed by atoms with E-state index in [1.54, 1.807) is 27.7 Å². The second kappa shape index (κ2) is 4.94. The first-order chi connectivity index (χ1) is 9.15. The Hall–Kier alpha value is -0.810. The first kappa shape index (κ1) is 13.2. The van der Waals surface area contributed by atoms with Crippen LogP contribution in [-0.2, 0) is 19.4 Å². The molecule has 2 aromatic rings. The van der Waals surface area contributed by atoms with Gasteiger partial charge in [-0.1, -0.05) is 18.7 Å². The third-order valence-corrected chi connectivity index (χ3v) is 5.70. The number of thiophene rings is 1. The quantitative estimate of drug-likeness (QED) is 0.629. The summed E-state index contributed by atoms with van der Waals surface area (Å²) >= 11 is 3.28. The molecule has 0 amide bonds. The molecule has 3 rings (SSSR count). The van der Waals surface area contributed by atoms with Gasteiger partial charge in [-0.15, -0.1) is 11.3 Å². The Morgan fingerprint density at radius 3 is 3.00 bits per heavy atom. The Balaban J connectivity index is 2.32. The molecule has 0 saturated carbocycles. The van der Waals surface area contributed by atoms with E-state index in [2.05, 4.69) is 6.92 Å². The number of hydrogen-bond donors (Lipinski definition) is 0. The number of aromatic nitrogens is 2. The number of hydrogen-bond acceptors (Lipinski definition) is 4. The van der Waals surface area contributed by atoms with Crippen molar-refractivity contribution in [2.45, 2.75) is 44.8 Å². The van der Waals surface area contributed by atoms with Crippen LogP contribution in [0.1, 0.15) is 30.7 Å². The van der Waals surface area contributed by atoms with Crippen molar-refractivity contribution in [3.8, 4) is 0 Å². The van der Waals surface area contributed by atoms with E-state index in [9.17, 15) is 4.79 Å². The normalized spacial score (nSPS) is 18.8. The molecule has 0 aliphatic heterocycles. The summed E-state index contributed by atoms with van der Waals surface area (Å²) < 4.78 is 1.80. The van der Waals surface area contributed by atoms with E-state index in [-0.39, 0.29) is 5.56 Å². The summed E-state index contributed by atoms with van der Waals surface area (Å²) in [5.41, 5.74) is 1.44. The Bertz CT molecular complexity index is 687. The van der Waals surface area contributed by atoms with Crippen LogP contribution in [0.5, 0.6) is 0 Å². The second-order valence-electron chi connectivity index (χ2n) is 5.18. The van der Waals surface area contributed by atoms with Crippen molar-refractivity contribution in [1.82, 2.24) is 9.55 Å². The van der Waals surface area contributed by atoms with Crippen molar-refractivity contribution in [2.24, 2.45) is 5.92 Å². The van der Waals surface area contributed by atoms with Gasteiger partial charge in [-0.2, -0.15) is 0 Å². The summed E-state index contributed by atoms with van der Waals surface area (Å²) in [6, 6.07) is 0. The van der Waals surface area contributed by atoms with Gasteiger partial charge in [0.2, 0.25) is 0 Å². The number of rotatable bonds is 2. The van der Waals surface area contributed by atoms with Gasteiger partial charge in [0.05, 0.1) is 5.39 Å². The third kappa shape index (κ3) is 2.03. The molecule has 2 heterocycles. The lowest BCUT2D eigenvalue weighted by molar-refractivity contribution is 0.509. The minimum absolute atomic E-state index is 0.156. The van der Waals surface area contributed by atoms with Gasteiger partial charge < -0.3 is 0 Å². The average Bonchev–Trinajstić information content (AvgIpc) is 2.75. The standard InChI is InChI=1S/C14H18N2OS2/c1-4-16-13(17)11-9-6-5-8(2)7-10(9)19-12(11)15-14(16)18-3/h8H,4-7H2,1-3H3/t8-/m0/s1. The van der Waals surface area contributed by atoms with Crippen molar-refractivity contribution < 1.29 is 0 Å². The summed E-state index contributed by atoms with van der Waals surface area (Å²) in [6.45, 7) is 4.99. The lowest BCUT2D eigenvalue weighted by atomic mass is 9.89. The van der Waals surface area contributed by atoms with Crippen molar-refractivity contribution in [3.63, 3.8) is 0 Å². The molecule has 2 aromatic heterocycles. The lowest BCUT2D eigenvalue weighted by Crippen LogP contribution is -2.23. The molecule has 0 saturated heterocycles. The average molecular weight is 294 g/mol.